The van der Waals surface area contributed by atoms with Crippen molar-refractivity contribution in [3.05, 3.63) is 65.2 Å². The molecular formula is C19H22N2O. The van der Waals surface area contributed by atoms with E-state index in [4.69, 9.17) is 0 Å². The molecule has 1 saturated carbocycles. The predicted molar refractivity (Wildman–Crippen MR) is 90.3 cm³/mol. The van der Waals surface area contributed by atoms with Gasteiger partial charge in [0.05, 0.1) is 0 Å². The Labute approximate surface area is 131 Å². The second-order valence-corrected chi connectivity index (χ2v) is 6.20. The average molecular weight is 294 g/mol. The van der Waals surface area contributed by atoms with Gasteiger partial charge in [-0.1, -0.05) is 42.5 Å². The van der Waals surface area contributed by atoms with E-state index in [1.807, 2.05) is 38.1 Å². The monoisotopic (exact) mass is 294 g/mol. The molecule has 114 valence electrons. The molecule has 0 spiro atoms. The number of carbonyl (C=O) groups excluding carboxylic acids is 1. The number of hydrogen-bond donors (Lipinski definition) is 2. The van der Waals surface area contributed by atoms with Gasteiger partial charge >= 0.3 is 6.03 Å². The average Bonchev–Trinajstić information content (AvgIpc) is 3.32. The molecule has 3 rings (SSSR count). The molecule has 2 N–H and O–H groups in total. The van der Waals surface area contributed by atoms with Crippen molar-refractivity contribution in [3.63, 3.8) is 0 Å². The molecule has 0 atom stereocenters. The van der Waals surface area contributed by atoms with Crippen LogP contribution < -0.4 is 10.6 Å². The minimum Gasteiger partial charge on any atom is -0.337 e. The van der Waals surface area contributed by atoms with Crippen molar-refractivity contribution in [1.82, 2.24) is 5.32 Å². The highest BCUT2D eigenvalue weighted by atomic mass is 16.2. The van der Waals surface area contributed by atoms with Gasteiger partial charge in [0, 0.05) is 17.6 Å². The van der Waals surface area contributed by atoms with E-state index in [1.165, 1.54) is 11.1 Å². The Morgan fingerprint density at radius 1 is 1.05 bits per heavy atom. The number of nitrogens with one attached hydrogen (secondary N) is 2. The molecule has 3 nitrogen and oxygen atoms in total. The van der Waals surface area contributed by atoms with Crippen molar-refractivity contribution in [3.8, 4) is 0 Å². The Morgan fingerprint density at radius 3 is 2.45 bits per heavy atom. The van der Waals surface area contributed by atoms with Crippen molar-refractivity contribution in [1.29, 1.82) is 0 Å². The number of carbonyl (C=O) groups is 1. The van der Waals surface area contributed by atoms with Crippen LogP contribution in [-0.2, 0) is 5.41 Å². The molecule has 0 aromatic heterocycles. The summed E-state index contributed by atoms with van der Waals surface area (Å²) in [4.78, 5) is 12.2. The standard InChI is InChI=1S/C19H22N2O/c1-14-7-6-10-17(15(14)2)21-18(22)20-13-19(11-12-19)16-8-4-3-5-9-16/h3-10H,11-13H2,1-2H3,(H2,20,21,22). The highest BCUT2D eigenvalue weighted by Crippen LogP contribution is 2.47. The molecule has 0 bridgehead atoms. The van der Waals surface area contributed by atoms with Crippen LogP contribution in [-0.4, -0.2) is 12.6 Å². The summed E-state index contributed by atoms with van der Waals surface area (Å²) in [5, 5.41) is 5.98. The third-order valence-corrected chi connectivity index (χ3v) is 4.68. The fourth-order valence-corrected chi connectivity index (χ4v) is 2.81. The second kappa shape index (κ2) is 5.84. The fraction of sp³-hybridized carbons (Fsp3) is 0.316. The van der Waals surface area contributed by atoms with Gasteiger partial charge in [0.2, 0.25) is 0 Å². The summed E-state index contributed by atoms with van der Waals surface area (Å²) in [5.74, 6) is 0. The van der Waals surface area contributed by atoms with Gasteiger partial charge in [-0.2, -0.15) is 0 Å². The normalized spacial score (nSPS) is 15.2. The Morgan fingerprint density at radius 2 is 1.77 bits per heavy atom. The van der Waals surface area contributed by atoms with Gasteiger partial charge in [-0.05, 0) is 49.4 Å². The molecule has 0 aliphatic heterocycles. The molecule has 0 saturated heterocycles. The molecule has 2 amide bonds. The summed E-state index contributed by atoms with van der Waals surface area (Å²) in [7, 11) is 0. The number of amides is 2. The van der Waals surface area contributed by atoms with E-state index < -0.39 is 0 Å². The second-order valence-electron chi connectivity index (χ2n) is 6.20. The minimum atomic E-state index is -0.129. The van der Waals surface area contributed by atoms with Gasteiger partial charge in [0.1, 0.15) is 0 Å². The van der Waals surface area contributed by atoms with E-state index >= 15 is 0 Å². The smallest absolute Gasteiger partial charge is 0.319 e. The molecule has 1 fully saturated rings. The van der Waals surface area contributed by atoms with Gasteiger partial charge in [-0.15, -0.1) is 0 Å². The van der Waals surface area contributed by atoms with Crippen LogP contribution in [0.5, 0.6) is 0 Å². The number of rotatable bonds is 4. The topological polar surface area (TPSA) is 41.1 Å². The zero-order valence-electron chi connectivity index (χ0n) is 13.1. The van der Waals surface area contributed by atoms with E-state index in [0.29, 0.717) is 6.54 Å². The Bertz CT molecular complexity index is 675. The number of hydrogen-bond acceptors (Lipinski definition) is 1. The van der Waals surface area contributed by atoms with Crippen molar-refractivity contribution in [2.24, 2.45) is 0 Å². The zero-order chi connectivity index (χ0) is 15.6. The maximum absolute atomic E-state index is 12.2. The number of benzene rings is 2. The lowest BCUT2D eigenvalue weighted by Crippen LogP contribution is -2.35. The molecule has 1 aliphatic rings. The van der Waals surface area contributed by atoms with E-state index in [9.17, 15) is 4.79 Å². The molecule has 22 heavy (non-hydrogen) atoms. The van der Waals surface area contributed by atoms with Crippen molar-refractivity contribution in [2.75, 3.05) is 11.9 Å². The van der Waals surface area contributed by atoms with E-state index in [-0.39, 0.29) is 11.4 Å². The Kier molecular flexibility index (Phi) is 3.88. The molecule has 2 aromatic carbocycles. The lowest BCUT2D eigenvalue weighted by atomic mass is 9.96. The summed E-state index contributed by atoms with van der Waals surface area (Å²) in [6.07, 6.45) is 2.28. The lowest BCUT2D eigenvalue weighted by molar-refractivity contribution is 0.251. The first-order chi connectivity index (χ1) is 10.6. The molecule has 0 radical (unpaired) electrons. The summed E-state index contributed by atoms with van der Waals surface area (Å²) in [6, 6.07) is 16.3. The summed E-state index contributed by atoms with van der Waals surface area (Å²) in [6.45, 7) is 4.76. The summed E-state index contributed by atoms with van der Waals surface area (Å²) >= 11 is 0. The van der Waals surface area contributed by atoms with Crippen molar-refractivity contribution in [2.45, 2.75) is 32.1 Å². The van der Waals surface area contributed by atoms with Crippen LogP contribution >= 0.6 is 0 Å². The minimum absolute atomic E-state index is 0.129. The predicted octanol–water partition coefficient (Wildman–Crippen LogP) is 4.16. The van der Waals surface area contributed by atoms with Crippen LogP contribution in [0, 0.1) is 13.8 Å². The van der Waals surface area contributed by atoms with Gasteiger partial charge in [0.25, 0.3) is 0 Å². The zero-order valence-corrected chi connectivity index (χ0v) is 13.1. The molecule has 3 heteroatoms. The first-order valence-corrected chi connectivity index (χ1v) is 7.77. The van der Waals surface area contributed by atoms with E-state index in [2.05, 4.69) is 34.9 Å². The molecule has 1 aliphatic carbocycles. The highest BCUT2D eigenvalue weighted by molar-refractivity contribution is 5.90. The quantitative estimate of drug-likeness (QED) is 0.873. The lowest BCUT2D eigenvalue weighted by Gasteiger charge is -2.17. The number of aryl methyl sites for hydroxylation is 1. The summed E-state index contributed by atoms with van der Waals surface area (Å²) < 4.78 is 0. The van der Waals surface area contributed by atoms with Crippen molar-refractivity contribution >= 4 is 11.7 Å². The molecule has 0 heterocycles. The molecular weight excluding hydrogens is 272 g/mol. The molecule has 2 aromatic rings. The van der Waals surface area contributed by atoms with Crippen LogP contribution in [0.25, 0.3) is 0 Å². The van der Waals surface area contributed by atoms with Gasteiger partial charge in [-0.3, -0.25) is 0 Å². The highest BCUT2D eigenvalue weighted by Gasteiger charge is 2.44. The first kappa shape index (κ1) is 14.6. The van der Waals surface area contributed by atoms with E-state index in [1.54, 1.807) is 0 Å². The van der Waals surface area contributed by atoms with Crippen molar-refractivity contribution < 1.29 is 4.79 Å². The van der Waals surface area contributed by atoms with Crippen LogP contribution in [0.15, 0.2) is 48.5 Å². The van der Waals surface area contributed by atoms with Crippen LogP contribution in [0.1, 0.15) is 29.5 Å². The van der Waals surface area contributed by atoms with E-state index in [0.717, 1.165) is 24.1 Å². The third kappa shape index (κ3) is 2.98. The Hall–Kier alpha value is -2.29. The SMILES string of the molecule is Cc1cccc(NC(=O)NCC2(c3ccccc3)CC2)c1C. The van der Waals surface area contributed by atoms with Gasteiger partial charge in [-0.25, -0.2) is 4.79 Å². The summed E-state index contributed by atoms with van der Waals surface area (Å²) in [5.41, 5.74) is 4.63. The van der Waals surface area contributed by atoms with Crippen LogP contribution in [0.3, 0.4) is 0 Å². The maximum atomic E-state index is 12.2. The fourth-order valence-electron chi connectivity index (χ4n) is 2.81. The third-order valence-electron chi connectivity index (χ3n) is 4.68. The largest absolute Gasteiger partial charge is 0.337 e. The van der Waals surface area contributed by atoms with Crippen LogP contribution in [0.4, 0.5) is 10.5 Å². The Balaban J connectivity index is 1.60. The van der Waals surface area contributed by atoms with Gasteiger partial charge in [0.15, 0.2) is 0 Å². The number of anilines is 1. The maximum Gasteiger partial charge on any atom is 0.319 e. The molecule has 0 unspecified atom stereocenters. The number of urea groups is 1. The van der Waals surface area contributed by atoms with Crippen LogP contribution in [0.2, 0.25) is 0 Å². The first-order valence-electron chi connectivity index (χ1n) is 7.77. The van der Waals surface area contributed by atoms with Gasteiger partial charge < -0.3 is 10.6 Å².